The van der Waals surface area contributed by atoms with Gasteiger partial charge in [0.05, 0.1) is 12.2 Å². The molecule has 20 heavy (non-hydrogen) atoms. The first-order chi connectivity index (χ1) is 9.28. The third kappa shape index (κ3) is 3.23. The van der Waals surface area contributed by atoms with E-state index in [2.05, 4.69) is 39.6 Å². The first kappa shape index (κ1) is 17.2. The molecule has 1 heterocycles. The number of nitrogens with one attached hydrogen (secondary N) is 1. The van der Waals surface area contributed by atoms with E-state index in [-0.39, 0.29) is 30.1 Å². The van der Waals surface area contributed by atoms with E-state index in [4.69, 9.17) is 9.47 Å². The van der Waals surface area contributed by atoms with Gasteiger partial charge in [-0.05, 0) is 18.3 Å². The maximum Gasteiger partial charge on any atom is 0.217 e. The predicted molar refractivity (Wildman–Crippen MR) is 80.5 cm³/mol. The zero-order chi connectivity index (χ0) is 15.5. The summed E-state index contributed by atoms with van der Waals surface area (Å²) in [5.41, 5.74) is -0.658. The maximum atomic E-state index is 11.7. The molecular formula is C16H29NO3. The predicted octanol–water partition coefficient (Wildman–Crippen LogP) is 2.53. The van der Waals surface area contributed by atoms with Gasteiger partial charge in [-0.1, -0.05) is 33.8 Å². The molecule has 1 amide bonds. The van der Waals surface area contributed by atoms with Gasteiger partial charge in [-0.3, -0.25) is 4.79 Å². The Labute approximate surface area is 122 Å². The molecule has 1 saturated heterocycles. The highest BCUT2D eigenvalue weighted by atomic mass is 16.6. The first-order valence-corrected chi connectivity index (χ1v) is 7.39. The van der Waals surface area contributed by atoms with E-state index < -0.39 is 5.54 Å². The van der Waals surface area contributed by atoms with Crippen LogP contribution < -0.4 is 5.32 Å². The van der Waals surface area contributed by atoms with Crippen LogP contribution in [-0.4, -0.2) is 36.9 Å². The van der Waals surface area contributed by atoms with Gasteiger partial charge in [0.25, 0.3) is 0 Å². The third-order valence-corrected chi connectivity index (χ3v) is 3.89. The molecule has 0 spiro atoms. The summed E-state index contributed by atoms with van der Waals surface area (Å²) < 4.78 is 11.9. The average Bonchev–Trinajstić information content (AvgIpc) is 2.61. The Bertz CT molecular complexity index is 354. The summed E-state index contributed by atoms with van der Waals surface area (Å²) in [5.74, 6) is 0.671. The van der Waals surface area contributed by atoms with Crippen molar-refractivity contribution in [1.29, 1.82) is 0 Å². The van der Waals surface area contributed by atoms with Gasteiger partial charge in [-0.2, -0.15) is 0 Å². The second-order valence-electron chi connectivity index (χ2n) is 6.44. The first-order valence-electron chi connectivity index (χ1n) is 7.39. The molecule has 0 unspecified atom stereocenters. The van der Waals surface area contributed by atoms with E-state index >= 15 is 0 Å². The summed E-state index contributed by atoms with van der Waals surface area (Å²) in [4.78, 5) is 11.7. The molecule has 0 saturated carbocycles. The topological polar surface area (TPSA) is 47.6 Å². The summed E-state index contributed by atoms with van der Waals surface area (Å²) >= 11 is 0. The average molecular weight is 283 g/mol. The van der Waals surface area contributed by atoms with E-state index in [1.54, 1.807) is 13.2 Å². The van der Waals surface area contributed by atoms with Crippen molar-refractivity contribution in [2.75, 3.05) is 7.11 Å². The van der Waals surface area contributed by atoms with Crippen LogP contribution in [0.5, 0.6) is 0 Å². The molecule has 0 aromatic rings. The molecule has 4 atom stereocenters. The molecule has 0 aromatic carbocycles. The quantitative estimate of drug-likeness (QED) is 0.762. The molecule has 1 rings (SSSR count). The minimum absolute atomic E-state index is 0.0303. The molecule has 1 aliphatic rings. The Morgan fingerprint density at radius 2 is 2.05 bits per heavy atom. The molecule has 1 aliphatic heterocycles. The minimum atomic E-state index is -0.658. The molecule has 116 valence electrons. The fraction of sp³-hybridized carbons (Fsp3) is 0.812. The van der Waals surface area contributed by atoms with Crippen molar-refractivity contribution in [2.24, 2.45) is 11.8 Å². The van der Waals surface area contributed by atoms with E-state index in [0.717, 1.165) is 6.42 Å². The van der Waals surface area contributed by atoms with Crippen LogP contribution in [0.4, 0.5) is 0 Å². The Morgan fingerprint density at radius 1 is 1.45 bits per heavy atom. The van der Waals surface area contributed by atoms with Crippen LogP contribution in [0.2, 0.25) is 0 Å². The van der Waals surface area contributed by atoms with Crippen LogP contribution in [0.3, 0.4) is 0 Å². The second kappa shape index (κ2) is 6.72. The van der Waals surface area contributed by atoms with Gasteiger partial charge in [0.1, 0.15) is 11.6 Å². The fourth-order valence-electron chi connectivity index (χ4n) is 3.27. The molecule has 4 heteroatoms. The fourth-order valence-corrected chi connectivity index (χ4v) is 3.27. The lowest BCUT2D eigenvalue weighted by Gasteiger charge is -2.37. The Balaban J connectivity index is 3.17. The number of rotatable bonds is 6. The smallest absolute Gasteiger partial charge is 0.217 e. The molecular weight excluding hydrogens is 254 g/mol. The van der Waals surface area contributed by atoms with Crippen molar-refractivity contribution in [3.63, 3.8) is 0 Å². The van der Waals surface area contributed by atoms with E-state index in [0.29, 0.717) is 5.92 Å². The van der Waals surface area contributed by atoms with Crippen molar-refractivity contribution >= 4 is 5.91 Å². The largest absolute Gasteiger partial charge is 0.376 e. The van der Waals surface area contributed by atoms with Crippen LogP contribution in [0.25, 0.3) is 0 Å². The van der Waals surface area contributed by atoms with Crippen molar-refractivity contribution < 1.29 is 14.3 Å². The molecule has 4 nitrogen and oxygen atoms in total. The van der Waals surface area contributed by atoms with Crippen LogP contribution >= 0.6 is 0 Å². The lowest BCUT2D eigenvalue weighted by atomic mass is 9.80. The molecule has 0 radical (unpaired) electrons. The second-order valence-corrected chi connectivity index (χ2v) is 6.44. The zero-order valence-corrected chi connectivity index (χ0v) is 13.6. The third-order valence-electron chi connectivity index (χ3n) is 3.89. The SMILES string of the molecule is C=C[C@@]1(NC(C)=O)[C@H](OC)[C@@H](CC(C)C)O[C@H]1C(C)C. The standard InChI is InChI=1S/C16H29NO3/c1-8-16(17-12(6)18)14(11(4)5)20-13(9-10(2)3)15(16)19-7/h8,10-11,13-15H,1,9H2,2-7H3,(H,17,18)/t13-,14+,15-,16+/m1/s1. The number of carbonyl (C=O) groups excluding carboxylic acids is 1. The normalized spacial score (nSPS) is 33.7. The lowest BCUT2D eigenvalue weighted by molar-refractivity contribution is -0.122. The number of amides is 1. The van der Waals surface area contributed by atoms with Gasteiger partial charge in [-0.25, -0.2) is 0 Å². The highest BCUT2D eigenvalue weighted by Gasteiger charge is 2.56. The molecule has 0 bridgehead atoms. The molecule has 1 fully saturated rings. The van der Waals surface area contributed by atoms with Crippen molar-refractivity contribution in [2.45, 2.75) is 64.9 Å². The van der Waals surface area contributed by atoms with E-state index in [9.17, 15) is 4.79 Å². The van der Waals surface area contributed by atoms with Crippen molar-refractivity contribution in [3.05, 3.63) is 12.7 Å². The van der Waals surface area contributed by atoms with E-state index in [1.807, 2.05) is 0 Å². The number of ether oxygens (including phenoxy) is 2. The van der Waals surface area contributed by atoms with Gasteiger partial charge < -0.3 is 14.8 Å². The number of hydrogen-bond acceptors (Lipinski definition) is 3. The summed E-state index contributed by atoms with van der Waals surface area (Å²) in [6.07, 6.45) is 2.32. The maximum absolute atomic E-state index is 11.7. The van der Waals surface area contributed by atoms with Gasteiger partial charge >= 0.3 is 0 Å². The van der Waals surface area contributed by atoms with Gasteiger partial charge in [0.2, 0.25) is 5.91 Å². The highest BCUT2D eigenvalue weighted by molar-refractivity contribution is 5.74. The number of methoxy groups -OCH3 is 1. The summed E-state index contributed by atoms with van der Waals surface area (Å²) in [5, 5.41) is 3.03. The van der Waals surface area contributed by atoms with Gasteiger partial charge in [0.15, 0.2) is 0 Å². The summed E-state index contributed by atoms with van der Waals surface area (Å²) in [7, 11) is 1.67. The molecule has 0 aromatic heterocycles. The Hall–Kier alpha value is -0.870. The highest BCUT2D eigenvalue weighted by Crippen LogP contribution is 2.40. The number of carbonyl (C=O) groups is 1. The summed E-state index contributed by atoms with van der Waals surface area (Å²) in [6, 6.07) is 0. The van der Waals surface area contributed by atoms with Crippen LogP contribution in [0.15, 0.2) is 12.7 Å². The van der Waals surface area contributed by atoms with Crippen LogP contribution in [0, 0.1) is 11.8 Å². The Kier molecular flexibility index (Phi) is 5.78. The monoisotopic (exact) mass is 283 g/mol. The minimum Gasteiger partial charge on any atom is -0.376 e. The van der Waals surface area contributed by atoms with Gasteiger partial charge in [-0.15, -0.1) is 6.58 Å². The van der Waals surface area contributed by atoms with Gasteiger partial charge in [0, 0.05) is 14.0 Å². The molecule has 1 N–H and O–H groups in total. The van der Waals surface area contributed by atoms with E-state index in [1.165, 1.54) is 6.92 Å². The summed E-state index contributed by atoms with van der Waals surface area (Å²) in [6.45, 7) is 14.0. The lowest BCUT2D eigenvalue weighted by Crippen LogP contribution is -2.61. The zero-order valence-electron chi connectivity index (χ0n) is 13.6. The van der Waals surface area contributed by atoms with Crippen molar-refractivity contribution in [1.82, 2.24) is 5.32 Å². The van der Waals surface area contributed by atoms with Crippen LogP contribution in [0.1, 0.15) is 41.0 Å². The number of hydrogen-bond donors (Lipinski definition) is 1. The molecule has 0 aliphatic carbocycles. The van der Waals surface area contributed by atoms with Crippen molar-refractivity contribution in [3.8, 4) is 0 Å². The Morgan fingerprint density at radius 3 is 2.40 bits per heavy atom. The van der Waals surface area contributed by atoms with Crippen LogP contribution in [-0.2, 0) is 14.3 Å².